The minimum absolute atomic E-state index is 0.331. The van der Waals surface area contributed by atoms with Gasteiger partial charge < -0.3 is 10.6 Å². The number of carbonyl (C=O) groups excluding carboxylic acids is 2. The van der Waals surface area contributed by atoms with E-state index in [1.165, 1.54) is 5.56 Å². The standard InChI is InChI=1S/C21H26N2O2/c1-6-16-8-10-17(11-9-16)22-19(24)21(4,5)20(25)23-18-12-7-14(2)13-15(18)3/h7-13H,6H2,1-5H3,(H,22,24)(H,23,25). The van der Waals surface area contributed by atoms with Gasteiger partial charge in [0.15, 0.2) is 0 Å². The van der Waals surface area contributed by atoms with E-state index in [0.29, 0.717) is 5.69 Å². The van der Waals surface area contributed by atoms with Crippen LogP contribution in [0.25, 0.3) is 0 Å². The first-order valence-electron chi connectivity index (χ1n) is 8.53. The fourth-order valence-corrected chi connectivity index (χ4v) is 2.45. The molecule has 132 valence electrons. The highest BCUT2D eigenvalue weighted by Gasteiger charge is 2.36. The number of anilines is 2. The summed E-state index contributed by atoms with van der Waals surface area (Å²) in [6.07, 6.45) is 0.942. The van der Waals surface area contributed by atoms with Crippen LogP contribution in [-0.4, -0.2) is 11.8 Å². The molecule has 0 unspecified atom stereocenters. The Kier molecular flexibility index (Phi) is 5.62. The highest BCUT2D eigenvalue weighted by atomic mass is 16.2. The van der Waals surface area contributed by atoms with Gasteiger partial charge in [-0.3, -0.25) is 9.59 Å². The van der Waals surface area contributed by atoms with Crippen LogP contribution in [0.4, 0.5) is 11.4 Å². The summed E-state index contributed by atoms with van der Waals surface area (Å²) in [6.45, 7) is 9.27. The topological polar surface area (TPSA) is 58.2 Å². The van der Waals surface area contributed by atoms with Crippen LogP contribution in [-0.2, 0) is 16.0 Å². The van der Waals surface area contributed by atoms with Crippen molar-refractivity contribution in [2.75, 3.05) is 10.6 Å². The third-order valence-corrected chi connectivity index (χ3v) is 4.39. The first-order chi connectivity index (χ1) is 11.7. The van der Waals surface area contributed by atoms with Gasteiger partial charge in [-0.15, -0.1) is 0 Å². The average Bonchev–Trinajstić information content (AvgIpc) is 2.57. The van der Waals surface area contributed by atoms with Crippen LogP contribution in [0.1, 0.15) is 37.5 Å². The monoisotopic (exact) mass is 338 g/mol. The minimum atomic E-state index is -1.19. The van der Waals surface area contributed by atoms with Gasteiger partial charge in [-0.2, -0.15) is 0 Å². The van der Waals surface area contributed by atoms with Gasteiger partial charge >= 0.3 is 0 Å². The molecule has 25 heavy (non-hydrogen) atoms. The highest BCUT2D eigenvalue weighted by Crippen LogP contribution is 2.24. The second-order valence-electron chi connectivity index (χ2n) is 6.90. The van der Waals surface area contributed by atoms with Crippen LogP contribution >= 0.6 is 0 Å². The second kappa shape index (κ2) is 7.51. The number of amides is 2. The molecular weight excluding hydrogens is 312 g/mol. The van der Waals surface area contributed by atoms with E-state index in [2.05, 4.69) is 17.6 Å². The molecule has 0 spiro atoms. The third-order valence-electron chi connectivity index (χ3n) is 4.39. The second-order valence-corrected chi connectivity index (χ2v) is 6.90. The molecule has 0 atom stereocenters. The van der Waals surface area contributed by atoms with Crippen molar-refractivity contribution in [1.82, 2.24) is 0 Å². The maximum absolute atomic E-state index is 12.6. The fraction of sp³-hybridized carbons (Fsp3) is 0.333. The van der Waals surface area contributed by atoms with Crippen LogP contribution in [0.3, 0.4) is 0 Å². The van der Waals surface area contributed by atoms with Crippen molar-refractivity contribution in [1.29, 1.82) is 0 Å². The Balaban J connectivity index is 2.09. The molecule has 2 rings (SSSR count). The summed E-state index contributed by atoms with van der Waals surface area (Å²) in [6, 6.07) is 13.4. The lowest BCUT2D eigenvalue weighted by atomic mass is 9.90. The molecular formula is C21H26N2O2. The fourth-order valence-electron chi connectivity index (χ4n) is 2.45. The molecule has 0 aromatic heterocycles. The molecule has 4 heteroatoms. The normalized spacial score (nSPS) is 11.1. The SMILES string of the molecule is CCc1ccc(NC(=O)C(C)(C)C(=O)Nc2ccc(C)cc2C)cc1. The van der Waals surface area contributed by atoms with Gasteiger partial charge in [0.2, 0.25) is 11.8 Å². The Labute approximate surface area is 149 Å². The first kappa shape index (κ1) is 18.7. The minimum Gasteiger partial charge on any atom is -0.325 e. The Morgan fingerprint density at radius 3 is 2.08 bits per heavy atom. The zero-order valence-electron chi connectivity index (χ0n) is 15.6. The van der Waals surface area contributed by atoms with Gasteiger partial charge in [0.25, 0.3) is 0 Å². The van der Waals surface area contributed by atoms with E-state index >= 15 is 0 Å². The quantitative estimate of drug-likeness (QED) is 0.790. The molecule has 0 aliphatic rings. The molecule has 0 aliphatic heterocycles. The van der Waals surface area contributed by atoms with Gasteiger partial charge in [0.05, 0.1) is 0 Å². The molecule has 0 aliphatic carbocycles. The number of hydrogen-bond donors (Lipinski definition) is 2. The van der Waals surface area contributed by atoms with E-state index in [-0.39, 0.29) is 11.8 Å². The van der Waals surface area contributed by atoms with Crippen molar-refractivity contribution in [3.05, 3.63) is 59.2 Å². The third kappa shape index (κ3) is 4.47. The smallest absolute Gasteiger partial charge is 0.239 e. The lowest BCUT2D eigenvalue weighted by molar-refractivity contribution is -0.135. The summed E-state index contributed by atoms with van der Waals surface area (Å²) >= 11 is 0. The number of carbonyl (C=O) groups is 2. The molecule has 2 amide bonds. The molecule has 0 radical (unpaired) electrons. The zero-order chi connectivity index (χ0) is 18.6. The van der Waals surface area contributed by atoms with Crippen molar-refractivity contribution < 1.29 is 9.59 Å². The lowest BCUT2D eigenvalue weighted by Gasteiger charge is -2.23. The van der Waals surface area contributed by atoms with E-state index in [1.807, 2.05) is 56.3 Å². The van der Waals surface area contributed by atoms with E-state index < -0.39 is 5.41 Å². The van der Waals surface area contributed by atoms with Crippen molar-refractivity contribution >= 4 is 23.2 Å². The number of hydrogen-bond acceptors (Lipinski definition) is 2. The summed E-state index contributed by atoms with van der Waals surface area (Å²) in [7, 11) is 0. The zero-order valence-corrected chi connectivity index (χ0v) is 15.6. The van der Waals surface area contributed by atoms with Gasteiger partial charge in [-0.1, -0.05) is 36.8 Å². The maximum atomic E-state index is 12.6. The molecule has 4 nitrogen and oxygen atoms in total. The van der Waals surface area contributed by atoms with E-state index in [1.54, 1.807) is 13.8 Å². The Hall–Kier alpha value is -2.62. The average molecular weight is 338 g/mol. The van der Waals surface area contributed by atoms with E-state index in [0.717, 1.165) is 23.2 Å². The number of benzene rings is 2. The molecule has 0 saturated heterocycles. The Bertz CT molecular complexity index is 777. The van der Waals surface area contributed by atoms with E-state index in [9.17, 15) is 9.59 Å². The van der Waals surface area contributed by atoms with Gasteiger partial charge in [0.1, 0.15) is 5.41 Å². The molecule has 0 saturated carbocycles. The number of aryl methyl sites for hydroxylation is 3. The summed E-state index contributed by atoms with van der Waals surface area (Å²) < 4.78 is 0. The number of nitrogens with one attached hydrogen (secondary N) is 2. The van der Waals surface area contributed by atoms with Crippen LogP contribution < -0.4 is 10.6 Å². The van der Waals surface area contributed by atoms with Gasteiger partial charge in [0, 0.05) is 11.4 Å². The predicted octanol–water partition coefficient (Wildman–Crippen LogP) is 4.47. The summed E-state index contributed by atoms with van der Waals surface area (Å²) in [5.41, 5.74) is 3.52. The summed E-state index contributed by atoms with van der Waals surface area (Å²) in [4.78, 5) is 25.2. The molecule has 2 aromatic rings. The maximum Gasteiger partial charge on any atom is 0.239 e. The number of rotatable bonds is 5. The van der Waals surface area contributed by atoms with Crippen molar-refractivity contribution in [2.45, 2.75) is 41.0 Å². The van der Waals surface area contributed by atoms with Crippen LogP contribution in [0.5, 0.6) is 0 Å². The van der Waals surface area contributed by atoms with Crippen molar-refractivity contribution in [3.63, 3.8) is 0 Å². The summed E-state index contributed by atoms with van der Waals surface area (Å²) in [5, 5.41) is 5.69. The predicted molar refractivity (Wildman–Crippen MR) is 103 cm³/mol. The first-order valence-corrected chi connectivity index (χ1v) is 8.53. The van der Waals surface area contributed by atoms with Gasteiger partial charge in [-0.05, 0) is 63.4 Å². The summed E-state index contributed by atoms with van der Waals surface area (Å²) in [5.74, 6) is -0.666. The van der Waals surface area contributed by atoms with Crippen LogP contribution in [0, 0.1) is 19.3 Å². The van der Waals surface area contributed by atoms with Crippen molar-refractivity contribution in [3.8, 4) is 0 Å². The largest absolute Gasteiger partial charge is 0.325 e. The molecule has 0 fully saturated rings. The van der Waals surface area contributed by atoms with Crippen LogP contribution in [0.15, 0.2) is 42.5 Å². The molecule has 2 aromatic carbocycles. The van der Waals surface area contributed by atoms with E-state index in [4.69, 9.17) is 0 Å². The molecule has 0 heterocycles. The Morgan fingerprint density at radius 1 is 0.920 bits per heavy atom. The molecule has 2 N–H and O–H groups in total. The van der Waals surface area contributed by atoms with Gasteiger partial charge in [-0.25, -0.2) is 0 Å². The van der Waals surface area contributed by atoms with Crippen LogP contribution in [0.2, 0.25) is 0 Å². The van der Waals surface area contributed by atoms with Crippen molar-refractivity contribution in [2.24, 2.45) is 5.41 Å². The lowest BCUT2D eigenvalue weighted by Crippen LogP contribution is -2.41. The molecule has 0 bridgehead atoms. The Morgan fingerprint density at radius 2 is 1.52 bits per heavy atom. The highest BCUT2D eigenvalue weighted by molar-refractivity contribution is 6.14.